The van der Waals surface area contributed by atoms with Crippen LogP contribution in [0.2, 0.25) is 0 Å². The Labute approximate surface area is 123 Å². The highest BCUT2D eigenvalue weighted by atomic mass is 32.2. The van der Waals surface area contributed by atoms with Gasteiger partial charge in [0.1, 0.15) is 12.4 Å². The first-order chi connectivity index (χ1) is 9.54. The monoisotopic (exact) mass is 313 g/mol. The number of aromatic nitrogens is 2. The van der Waals surface area contributed by atoms with Gasteiger partial charge in [-0.2, -0.15) is 9.36 Å². The second kappa shape index (κ2) is 6.67. The van der Waals surface area contributed by atoms with Crippen molar-refractivity contribution in [2.75, 3.05) is 14.1 Å². The lowest BCUT2D eigenvalue weighted by Crippen LogP contribution is -2.16. The summed E-state index contributed by atoms with van der Waals surface area (Å²) in [5.74, 6) is -0.309. The molecule has 1 heterocycles. The van der Waals surface area contributed by atoms with Crippen LogP contribution in [0.3, 0.4) is 0 Å². The topological polar surface area (TPSA) is 55.3 Å². The summed E-state index contributed by atoms with van der Waals surface area (Å²) < 4.78 is 22.4. The van der Waals surface area contributed by atoms with Gasteiger partial charge in [0.25, 0.3) is 10.4 Å². The molecule has 0 radical (unpaired) electrons. The van der Waals surface area contributed by atoms with Gasteiger partial charge in [-0.25, -0.2) is 4.39 Å². The Kier molecular flexibility index (Phi) is 4.91. The van der Waals surface area contributed by atoms with Gasteiger partial charge in [0.15, 0.2) is 0 Å². The molecule has 0 saturated heterocycles. The highest BCUT2D eigenvalue weighted by Crippen LogP contribution is 2.24. The van der Waals surface area contributed by atoms with E-state index in [4.69, 9.17) is 4.74 Å². The van der Waals surface area contributed by atoms with Crippen molar-refractivity contribution in [2.24, 2.45) is 0 Å². The lowest BCUT2D eigenvalue weighted by Gasteiger charge is -2.06. The van der Waals surface area contributed by atoms with E-state index in [1.54, 1.807) is 26.2 Å². The minimum atomic E-state index is -0.309. The second-order valence-corrected chi connectivity index (χ2v) is 5.66. The highest BCUT2D eigenvalue weighted by molar-refractivity contribution is 8.13. The number of ether oxygens (including phenoxy) is 1. The third-order valence-corrected chi connectivity index (χ3v) is 3.83. The summed E-state index contributed by atoms with van der Waals surface area (Å²) in [5, 5.41) is 0.547. The van der Waals surface area contributed by atoms with Crippen molar-refractivity contribution in [3.8, 4) is 5.19 Å². The number of thioether (sulfide) groups is 1. The van der Waals surface area contributed by atoms with Crippen LogP contribution in [-0.2, 0) is 6.61 Å². The SMILES string of the molecule is CN(C)C(=O)Sc1nsc(OCc2cccc(F)c2)n1. The van der Waals surface area contributed by atoms with Crippen LogP contribution >= 0.6 is 23.3 Å². The molecular weight excluding hydrogens is 301 g/mol. The van der Waals surface area contributed by atoms with E-state index < -0.39 is 0 Å². The van der Waals surface area contributed by atoms with E-state index in [1.165, 1.54) is 17.0 Å². The normalized spacial score (nSPS) is 10.3. The van der Waals surface area contributed by atoms with Crippen molar-refractivity contribution in [1.82, 2.24) is 14.3 Å². The summed E-state index contributed by atoms with van der Waals surface area (Å²) in [6.45, 7) is 0.207. The molecule has 0 aliphatic heterocycles. The Morgan fingerprint density at radius 2 is 2.30 bits per heavy atom. The predicted molar refractivity (Wildman–Crippen MR) is 75.6 cm³/mol. The third kappa shape index (κ3) is 4.17. The van der Waals surface area contributed by atoms with Gasteiger partial charge in [-0.3, -0.25) is 4.79 Å². The Morgan fingerprint density at radius 1 is 1.50 bits per heavy atom. The Morgan fingerprint density at radius 3 is 3.00 bits per heavy atom. The van der Waals surface area contributed by atoms with E-state index in [0.717, 1.165) is 23.3 Å². The van der Waals surface area contributed by atoms with Crippen LogP contribution in [-0.4, -0.2) is 33.6 Å². The summed E-state index contributed by atoms with van der Waals surface area (Å²) in [6, 6.07) is 6.14. The maximum absolute atomic E-state index is 13.0. The molecule has 2 aromatic rings. The van der Waals surface area contributed by atoms with Crippen LogP contribution in [0.1, 0.15) is 5.56 Å². The number of halogens is 1. The van der Waals surface area contributed by atoms with Gasteiger partial charge in [-0.05, 0) is 17.7 Å². The average Bonchev–Trinajstić information content (AvgIpc) is 2.84. The standard InChI is InChI=1S/C12H12FN3O2S2/c1-16(2)12(17)19-10-14-11(20-15-10)18-7-8-4-3-5-9(13)6-8/h3-6H,7H2,1-2H3. The fourth-order valence-corrected chi connectivity index (χ4v) is 2.46. The molecule has 106 valence electrons. The van der Waals surface area contributed by atoms with E-state index in [0.29, 0.717) is 15.9 Å². The molecular formula is C12H12FN3O2S2. The summed E-state index contributed by atoms with van der Waals surface area (Å²) in [6.07, 6.45) is 0. The van der Waals surface area contributed by atoms with Gasteiger partial charge in [-0.15, -0.1) is 0 Å². The second-order valence-electron chi connectivity index (χ2n) is 4.02. The van der Waals surface area contributed by atoms with Crippen molar-refractivity contribution >= 4 is 28.5 Å². The Bertz CT molecular complexity index is 604. The lowest BCUT2D eigenvalue weighted by atomic mass is 10.2. The van der Waals surface area contributed by atoms with E-state index in [9.17, 15) is 9.18 Å². The van der Waals surface area contributed by atoms with Gasteiger partial charge in [-0.1, -0.05) is 12.1 Å². The minimum Gasteiger partial charge on any atom is -0.464 e. The summed E-state index contributed by atoms with van der Waals surface area (Å²) >= 11 is 1.99. The molecule has 0 atom stereocenters. The van der Waals surface area contributed by atoms with Crippen molar-refractivity contribution in [3.63, 3.8) is 0 Å². The summed E-state index contributed by atoms with van der Waals surface area (Å²) in [7, 11) is 3.31. The van der Waals surface area contributed by atoms with Crippen LogP contribution in [0.4, 0.5) is 9.18 Å². The number of nitrogens with zero attached hydrogens (tertiary/aromatic N) is 3. The molecule has 1 aromatic carbocycles. The van der Waals surface area contributed by atoms with Crippen molar-refractivity contribution < 1.29 is 13.9 Å². The van der Waals surface area contributed by atoms with Gasteiger partial charge < -0.3 is 9.64 Å². The molecule has 1 aromatic heterocycles. The van der Waals surface area contributed by atoms with Gasteiger partial charge in [0, 0.05) is 37.4 Å². The zero-order chi connectivity index (χ0) is 14.5. The van der Waals surface area contributed by atoms with Crippen LogP contribution in [0, 0.1) is 5.82 Å². The first-order valence-corrected chi connectivity index (χ1v) is 7.23. The number of hydrogen-bond acceptors (Lipinski definition) is 6. The zero-order valence-corrected chi connectivity index (χ0v) is 12.5. The van der Waals surface area contributed by atoms with Crippen LogP contribution < -0.4 is 4.74 Å². The van der Waals surface area contributed by atoms with Crippen molar-refractivity contribution in [3.05, 3.63) is 35.6 Å². The number of rotatable bonds is 4. The quantitative estimate of drug-likeness (QED) is 0.812. The van der Waals surface area contributed by atoms with Crippen LogP contribution in [0.25, 0.3) is 0 Å². The number of benzene rings is 1. The Balaban J connectivity index is 1.91. The molecule has 5 nitrogen and oxygen atoms in total. The first-order valence-electron chi connectivity index (χ1n) is 5.64. The molecule has 0 spiro atoms. The van der Waals surface area contributed by atoms with Crippen molar-refractivity contribution in [1.29, 1.82) is 0 Å². The maximum Gasteiger partial charge on any atom is 0.294 e. The molecule has 0 unspecified atom stereocenters. The molecule has 0 aliphatic carbocycles. The average molecular weight is 313 g/mol. The molecule has 20 heavy (non-hydrogen) atoms. The van der Waals surface area contributed by atoms with Crippen LogP contribution in [0.15, 0.2) is 29.4 Å². The van der Waals surface area contributed by atoms with E-state index in [2.05, 4.69) is 9.36 Å². The first kappa shape index (κ1) is 14.7. The summed E-state index contributed by atoms with van der Waals surface area (Å²) in [5.41, 5.74) is 0.707. The highest BCUT2D eigenvalue weighted by Gasteiger charge is 2.12. The smallest absolute Gasteiger partial charge is 0.294 e. The minimum absolute atomic E-state index is 0.153. The van der Waals surface area contributed by atoms with E-state index in [1.807, 2.05) is 0 Å². The van der Waals surface area contributed by atoms with E-state index in [-0.39, 0.29) is 17.7 Å². The number of carbonyl (C=O) groups is 1. The molecule has 1 amide bonds. The molecule has 8 heteroatoms. The van der Waals surface area contributed by atoms with Crippen molar-refractivity contribution in [2.45, 2.75) is 11.8 Å². The van der Waals surface area contributed by atoms with Gasteiger partial charge >= 0.3 is 0 Å². The number of amides is 1. The Hall–Kier alpha value is -1.67. The molecule has 2 rings (SSSR count). The lowest BCUT2D eigenvalue weighted by molar-refractivity contribution is 0.241. The number of hydrogen-bond donors (Lipinski definition) is 0. The van der Waals surface area contributed by atoms with E-state index >= 15 is 0 Å². The molecule has 0 fully saturated rings. The molecule has 0 aliphatic rings. The van der Waals surface area contributed by atoms with Crippen LogP contribution in [0.5, 0.6) is 5.19 Å². The maximum atomic E-state index is 13.0. The molecule has 0 saturated carbocycles. The summed E-state index contributed by atoms with van der Waals surface area (Å²) in [4.78, 5) is 17.0. The third-order valence-electron chi connectivity index (χ3n) is 2.18. The molecule has 0 bridgehead atoms. The number of carbonyl (C=O) groups excluding carboxylic acids is 1. The van der Waals surface area contributed by atoms with Gasteiger partial charge in [0.05, 0.1) is 0 Å². The zero-order valence-electron chi connectivity index (χ0n) is 10.9. The fourth-order valence-electron chi connectivity index (χ4n) is 1.24. The van der Waals surface area contributed by atoms with Gasteiger partial charge in [0.2, 0.25) is 5.16 Å². The largest absolute Gasteiger partial charge is 0.464 e. The fraction of sp³-hybridized carbons (Fsp3) is 0.250. The predicted octanol–water partition coefficient (Wildman–Crippen LogP) is 3.03. The molecule has 0 N–H and O–H groups in total.